The Hall–Kier alpha value is -2.81. The van der Waals surface area contributed by atoms with Crippen LogP contribution in [0.15, 0.2) is 59.3 Å². The van der Waals surface area contributed by atoms with Gasteiger partial charge in [0, 0.05) is 22.4 Å². The zero-order valence-corrected chi connectivity index (χ0v) is 20.9. The molecule has 2 aromatic heterocycles. The predicted octanol–water partition coefficient (Wildman–Crippen LogP) is 6.10. The summed E-state index contributed by atoms with van der Waals surface area (Å²) >= 11 is 15.6. The smallest absolute Gasteiger partial charge is 0.277 e. The van der Waals surface area contributed by atoms with Crippen LogP contribution < -0.4 is 10.1 Å². The summed E-state index contributed by atoms with van der Waals surface area (Å²) in [6.07, 6.45) is 3.45. The predicted molar refractivity (Wildman–Crippen MR) is 132 cm³/mol. The molecule has 7 nitrogen and oxygen atoms in total. The highest BCUT2D eigenvalue weighted by molar-refractivity contribution is 9.10. The number of amides is 1. The molecular weight excluding hydrogens is 529 g/mol. The van der Waals surface area contributed by atoms with Crippen molar-refractivity contribution in [3.05, 3.63) is 91.8 Å². The van der Waals surface area contributed by atoms with E-state index in [0.717, 1.165) is 16.9 Å². The van der Waals surface area contributed by atoms with Crippen LogP contribution in [0.3, 0.4) is 0 Å². The van der Waals surface area contributed by atoms with Gasteiger partial charge >= 0.3 is 0 Å². The minimum absolute atomic E-state index is 0.192. The summed E-state index contributed by atoms with van der Waals surface area (Å²) in [4.78, 5) is 12.7. The minimum atomic E-state index is -0.379. The van der Waals surface area contributed by atoms with Gasteiger partial charge in [-0.15, -0.1) is 0 Å². The van der Waals surface area contributed by atoms with E-state index < -0.39 is 0 Å². The summed E-state index contributed by atoms with van der Waals surface area (Å²) in [5.74, 6) is 0.777. The van der Waals surface area contributed by atoms with Gasteiger partial charge in [0.15, 0.2) is 18.2 Å². The third-order valence-corrected chi connectivity index (χ3v) is 6.02. The molecule has 0 saturated heterocycles. The maximum Gasteiger partial charge on any atom is 0.277 e. The minimum Gasteiger partial charge on any atom is -0.471 e. The van der Waals surface area contributed by atoms with E-state index in [9.17, 15) is 4.79 Å². The molecule has 1 N–H and O–H groups in total. The summed E-state index contributed by atoms with van der Waals surface area (Å²) in [6, 6.07) is 12.9. The second-order valence-electron chi connectivity index (χ2n) is 7.50. The monoisotopic (exact) mass is 547 g/mol. The van der Waals surface area contributed by atoms with E-state index in [1.54, 1.807) is 40.0 Å². The van der Waals surface area contributed by atoms with Crippen LogP contribution in [-0.4, -0.2) is 25.5 Å². The average molecular weight is 549 g/mol. The maximum absolute atomic E-state index is 12.7. The Morgan fingerprint density at radius 1 is 1.09 bits per heavy atom. The van der Waals surface area contributed by atoms with Crippen molar-refractivity contribution in [1.29, 1.82) is 0 Å². The molecule has 2 heterocycles. The lowest BCUT2D eigenvalue weighted by molar-refractivity contribution is 0.101. The van der Waals surface area contributed by atoms with Gasteiger partial charge in [0.25, 0.3) is 5.91 Å². The molecule has 4 rings (SSSR count). The quantitative estimate of drug-likeness (QED) is 0.302. The number of rotatable bonds is 7. The number of ether oxygens (including phenoxy) is 1. The van der Waals surface area contributed by atoms with E-state index in [2.05, 4.69) is 37.5 Å². The Morgan fingerprint density at radius 2 is 1.91 bits per heavy atom. The normalized spacial score (nSPS) is 10.9. The third-order valence-electron chi connectivity index (χ3n) is 4.85. The van der Waals surface area contributed by atoms with Gasteiger partial charge in [-0.05, 0) is 65.2 Å². The van der Waals surface area contributed by atoms with E-state index in [0.29, 0.717) is 26.9 Å². The molecular formula is C23H20BrCl2N5O2. The fourth-order valence-electron chi connectivity index (χ4n) is 3.21. The number of aromatic nitrogens is 4. The summed E-state index contributed by atoms with van der Waals surface area (Å²) in [7, 11) is 0. The van der Waals surface area contributed by atoms with Crippen LogP contribution in [0.4, 0.5) is 5.82 Å². The van der Waals surface area contributed by atoms with Gasteiger partial charge in [-0.2, -0.15) is 10.2 Å². The highest BCUT2D eigenvalue weighted by Gasteiger charge is 2.15. The van der Waals surface area contributed by atoms with Gasteiger partial charge in [0.2, 0.25) is 0 Å². The van der Waals surface area contributed by atoms with Crippen LogP contribution in [0.5, 0.6) is 5.75 Å². The number of nitrogens with zero attached hydrogens (tertiary/aromatic N) is 4. The summed E-state index contributed by atoms with van der Waals surface area (Å²) in [5.41, 5.74) is 3.32. The van der Waals surface area contributed by atoms with Crippen molar-refractivity contribution in [2.24, 2.45) is 0 Å². The molecule has 0 aliphatic carbocycles. The number of nitrogens with one attached hydrogen (secondary N) is 1. The first-order valence-corrected chi connectivity index (χ1v) is 11.5. The highest BCUT2D eigenvalue weighted by atomic mass is 79.9. The number of hydrogen-bond acceptors (Lipinski definition) is 4. The van der Waals surface area contributed by atoms with E-state index in [1.807, 2.05) is 32.0 Å². The molecule has 4 aromatic rings. The third kappa shape index (κ3) is 5.76. The molecule has 0 spiro atoms. The number of aryl methyl sites for hydroxylation is 2. The van der Waals surface area contributed by atoms with Crippen molar-refractivity contribution in [2.75, 3.05) is 5.32 Å². The van der Waals surface area contributed by atoms with Crippen LogP contribution >= 0.6 is 39.1 Å². The van der Waals surface area contributed by atoms with Gasteiger partial charge in [-0.25, -0.2) is 4.68 Å². The van der Waals surface area contributed by atoms with E-state index in [-0.39, 0.29) is 18.3 Å². The number of carbonyl (C=O) groups is 1. The van der Waals surface area contributed by atoms with Gasteiger partial charge in [0.05, 0.1) is 11.0 Å². The van der Waals surface area contributed by atoms with E-state index in [1.165, 1.54) is 5.56 Å². The van der Waals surface area contributed by atoms with Gasteiger partial charge in [0.1, 0.15) is 5.75 Å². The fourth-order valence-corrected chi connectivity index (χ4v) is 4.09. The SMILES string of the molecule is Cc1ccc(OCn2ccc(C(=O)Nc3nn(Cc4ccc(Cl)cc4Cl)cc3Br)n2)c(C)c1. The Kier molecular flexibility index (Phi) is 7.07. The first-order chi connectivity index (χ1) is 15.8. The Bertz CT molecular complexity index is 1320. The standard InChI is InChI=1S/C23H20BrCl2N5O2/c1-14-3-6-21(15(2)9-14)33-13-30-8-7-20(28-30)23(32)27-22-18(24)12-31(29-22)11-16-4-5-17(25)10-19(16)26/h3-10,12H,11,13H2,1-2H3,(H,27,29,32). The molecule has 10 heteroatoms. The molecule has 170 valence electrons. The van der Waals surface area contributed by atoms with E-state index >= 15 is 0 Å². The topological polar surface area (TPSA) is 74.0 Å². The molecule has 1 amide bonds. The van der Waals surface area contributed by atoms with E-state index in [4.69, 9.17) is 27.9 Å². The summed E-state index contributed by atoms with van der Waals surface area (Å²) in [5, 5.41) is 12.6. The molecule has 0 saturated carbocycles. The zero-order chi connectivity index (χ0) is 23.5. The molecule has 0 aliphatic rings. The number of halogens is 3. The van der Waals surface area contributed by atoms with Crippen LogP contribution in [0.25, 0.3) is 0 Å². The average Bonchev–Trinajstić information content (AvgIpc) is 3.36. The molecule has 0 radical (unpaired) electrons. The molecule has 0 bridgehead atoms. The zero-order valence-electron chi connectivity index (χ0n) is 17.8. The lowest BCUT2D eigenvalue weighted by Gasteiger charge is -2.09. The lowest BCUT2D eigenvalue weighted by Crippen LogP contribution is -2.15. The fraction of sp³-hybridized carbons (Fsp3) is 0.174. The Labute approximate surface area is 209 Å². The molecule has 0 unspecified atom stereocenters. The van der Waals surface area contributed by atoms with Crippen LogP contribution in [-0.2, 0) is 13.3 Å². The first-order valence-electron chi connectivity index (χ1n) is 10.0. The van der Waals surface area contributed by atoms with Crippen molar-refractivity contribution in [2.45, 2.75) is 27.1 Å². The maximum atomic E-state index is 12.7. The summed E-state index contributed by atoms with van der Waals surface area (Å²) in [6.45, 7) is 4.64. The van der Waals surface area contributed by atoms with Crippen LogP contribution in [0.1, 0.15) is 27.2 Å². The summed E-state index contributed by atoms with van der Waals surface area (Å²) < 4.78 is 9.68. The largest absolute Gasteiger partial charge is 0.471 e. The second kappa shape index (κ2) is 9.99. The Morgan fingerprint density at radius 3 is 2.67 bits per heavy atom. The Balaban J connectivity index is 1.39. The van der Waals surface area contributed by atoms with Crippen molar-refractivity contribution in [3.8, 4) is 5.75 Å². The van der Waals surface area contributed by atoms with Crippen molar-refractivity contribution in [1.82, 2.24) is 19.6 Å². The number of hydrogen-bond donors (Lipinski definition) is 1. The molecule has 0 atom stereocenters. The van der Waals surface area contributed by atoms with Gasteiger partial charge in [-0.1, -0.05) is 47.0 Å². The number of anilines is 1. The number of benzene rings is 2. The van der Waals surface area contributed by atoms with Gasteiger partial charge < -0.3 is 10.1 Å². The second-order valence-corrected chi connectivity index (χ2v) is 9.19. The molecule has 0 aliphatic heterocycles. The highest BCUT2D eigenvalue weighted by Crippen LogP contribution is 2.25. The number of carbonyl (C=O) groups excluding carboxylic acids is 1. The van der Waals surface area contributed by atoms with Crippen molar-refractivity contribution in [3.63, 3.8) is 0 Å². The van der Waals surface area contributed by atoms with Crippen molar-refractivity contribution < 1.29 is 9.53 Å². The van der Waals surface area contributed by atoms with Gasteiger partial charge in [-0.3, -0.25) is 9.48 Å². The van der Waals surface area contributed by atoms with Crippen LogP contribution in [0.2, 0.25) is 10.0 Å². The van der Waals surface area contributed by atoms with Crippen molar-refractivity contribution >= 4 is 50.9 Å². The first kappa shape index (κ1) is 23.4. The molecule has 33 heavy (non-hydrogen) atoms. The lowest BCUT2D eigenvalue weighted by atomic mass is 10.1. The molecule has 0 fully saturated rings. The molecule has 2 aromatic carbocycles. The van der Waals surface area contributed by atoms with Crippen LogP contribution in [0, 0.1) is 13.8 Å².